The average molecular weight is 250 g/mol. The van der Waals surface area contributed by atoms with Crippen LogP contribution in [0, 0.1) is 18.3 Å². The maximum Gasteiger partial charge on any atom is 0.0991 e. The summed E-state index contributed by atoms with van der Waals surface area (Å²) in [5.41, 5.74) is 4.41. The van der Waals surface area contributed by atoms with E-state index in [-0.39, 0.29) is 6.04 Å². The maximum absolute atomic E-state index is 8.91. The Morgan fingerprint density at radius 2 is 1.95 bits per heavy atom. The minimum Gasteiger partial charge on any atom is -0.306 e. The molecular formula is C17H18N2. The number of nitrogens with one attached hydrogen (secondary N) is 1. The van der Waals surface area contributed by atoms with E-state index in [0.29, 0.717) is 5.56 Å². The fourth-order valence-corrected chi connectivity index (χ4v) is 2.09. The van der Waals surface area contributed by atoms with Crippen molar-refractivity contribution in [2.24, 2.45) is 0 Å². The molecule has 2 aromatic carbocycles. The number of benzene rings is 2. The summed E-state index contributed by atoms with van der Waals surface area (Å²) in [5, 5.41) is 12.4. The lowest BCUT2D eigenvalue weighted by Crippen LogP contribution is -2.18. The SMILES string of the molecule is Cc1cccc(CNC(C)c2cccc(C#N)c2)c1. The third-order valence-corrected chi connectivity index (χ3v) is 3.21. The summed E-state index contributed by atoms with van der Waals surface area (Å²) in [6, 6.07) is 18.6. The average Bonchev–Trinajstić information content (AvgIpc) is 2.45. The van der Waals surface area contributed by atoms with E-state index in [1.54, 1.807) is 0 Å². The standard InChI is InChI=1S/C17H18N2/c1-13-5-3-7-16(9-13)12-19-14(2)17-8-4-6-15(10-17)11-18/h3-10,14,19H,12H2,1-2H3. The highest BCUT2D eigenvalue weighted by molar-refractivity contribution is 5.34. The zero-order valence-electron chi connectivity index (χ0n) is 11.4. The summed E-state index contributed by atoms with van der Waals surface area (Å²) >= 11 is 0. The van der Waals surface area contributed by atoms with Crippen molar-refractivity contribution in [1.29, 1.82) is 5.26 Å². The first-order valence-electron chi connectivity index (χ1n) is 6.48. The van der Waals surface area contributed by atoms with Gasteiger partial charge in [0.05, 0.1) is 11.6 Å². The van der Waals surface area contributed by atoms with Gasteiger partial charge in [-0.3, -0.25) is 0 Å². The molecule has 0 heterocycles. The molecule has 96 valence electrons. The van der Waals surface area contributed by atoms with Crippen molar-refractivity contribution in [3.8, 4) is 6.07 Å². The molecule has 1 atom stereocenters. The Kier molecular flexibility index (Phi) is 4.33. The van der Waals surface area contributed by atoms with Crippen molar-refractivity contribution >= 4 is 0 Å². The Labute approximate surface area is 114 Å². The second-order valence-electron chi connectivity index (χ2n) is 4.83. The van der Waals surface area contributed by atoms with Crippen molar-refractivity contribution in [2.45, 2.75) is 26.4 Å². The van der Waals surface area contributed by atoms with E-state index in [1.165, 1.54) is 11.1 Å². The van der Waals surface area contributed by atoms with Gasteiger partial charge in [0.25, 0.3) is 0 Å². The van der Waals surface area contributed by atoms with Crippen LogP contribution in [0.2, 0.25) is 0 Å². The minimum atomic E-state index is 0.230. The van der Waals surface area contributed by atoms with Crippen molar-refractivity contribution in [1.82, 2.24) is 5.32 Å². The van der Waals surface area contributed by atoms with Gasteiger partial charge in [-0.15, -0.1) is 0 Å². The zero-order valence-corrected chi connectivity index (χ0v) is 11.4. The maximum atomic E-state index is 8.91. The Bertz CT molecular complexity index is 596. The van der Waals surface area contributed by atoms with Crippen molar-refractivity contribution in [3.63, 3.8) is 0 Å². The van der Waals surface area contributed by atoms with E-state index < -0.39 is 0 Å². The number of nitriles is 1. The first-order valence-corrected chi connectivity index (χ1v) is 6.48. The number of aryl methyl sites for hydroxylation is 1. The van der Waals surface area contributed by atoms with Crippen LogP contribution in [-0.2, 0) is 6.54 Å². The first kappa shape index (κ1) is 13.3. The van der Waals surface area contributed by atoms with Crippen LogP contribution in [0.25, 0.3) is 0 Å². The molecule has 2 rings (SSSR count). The molecule has 2 aromatic rings. The van der Waals surface area contributed by atoms with E-state index in [9.17, 15) is 0 Å². The molecule has 0 fully saturated rings. The molecule has 2 nitrogen and oxygen atoms in total. The molecule has 2 heteroatoms. The van der Waals surface area contributed by atoms with Crippen LogP contribution < -0.4 is 5.32 Å². The van der Waals surface area contributed by atoms with Crippen LogP contribution in [0.4, 0.5) is 0 Å². The summed E-state index contributed by atoms with van der Waals surface area (Å²) < 4.78 is 0. The monoisotopic (exact) mass is 250 g/mol. The van der Waals surface area contributed by atoms with Gasteiger partial charge < -0.3 is 5.32 Å². The van der Waals surface area contributed by atoms with Gasteiger partial charge in [-0.1, -0.05) is 42.0 Å². The fourth-order valence-electron chi connectivity index (χ4n) is 2.09. The van der Waals surface area contributed by atoms with Crippen molar-refractivity contribution in [3.05, 3.63) is 70.8 Å². The Hall–Kier alpha value is -2.11. The van der Waals surface area contributed by atoms with Crippen molar-refractivity contribution < 1.29 is 0 Å². The Morgan fingerprint density at radius 1 is 1.16 bits per heavy atom. The van der Waals surface area contributed by atoms with Gasteiger partial charge in [-0.05, 0) is 37.1 Å². The summed E-state index contributed by atoms with van der Waals surface area (Å²) in [5.74, 6) is 0. The summed E-state index contributed by atoms with van der Waals surface area (Å²) in [6.45, 7) is 5.05. The molecule has 0 spiro atoms. The Morgan fingerprint density at radius 3 is 2.68 bits per heavy atom. The highest BCUT2D eigenvalue weighted by Gasteiger charge is 2.05. The summed E-state index contributed by atoms with van der Waals surface area (Å²) in [6.07, 6.45) is 0. The number of rotatable bonds is 4. The van der Waals surface area contributed by atoms with Gasteiger partial charge >= 0.3 is 0 Å². The molecule has 0 aliphatic heterocycles. The van der Waals surface area contributed by atoms with E-state index in [2.05, 4.69) is 55.6 Å². The topological polar surface area (TPSA) is 35.8 Å². The molecule has 0 bridgehead atoms. The smallest absolute Gasteiger partial charge is 0.0991 e. The van der Waals surface area contributed by atoms with Crippen LogP contribution in [-0.4, -0.2) is 0 Å². The second kappa shape index (κ2) is 6.17. The molecule has 0 aliphatic rings. The number of hydrogen-bond donors (Lipinski definition) is 1. The van der Waals surface area contributed by atoms with E-state index >= 15 is 0 Å². The molecule has 0 saturated heterocycles. The number of hydrogen-bond acceptors (Lipinski definition) is 2. The molecule has 19 heavy (non-hydrogen) atoms. The van der Waals surface area contributed by atoms with E-state index in [0.717, 1.165) is 12.1 Å². The fraction of sp³-hybridized carbons (Fsp3) is 0.235. The van der Waals surface area contributed by atoms with Crippen LogP contribution in [0.15, 0.2) is 48.5 Å². The molecule has 1 unspecified atom stereocenters. The van der Waals surface area contributed by atoms with Gasteiger partial charge in [0.1, 0.15) is 0 Å². The molecule has 0 aliphatic carbocycles. The third kappa shape index (κ3) is 3.67. The normalized spacial score (nSPS) is 11.8. The van der Waals surface area contributed by atoms with E-state index in [4.69, 9.17) is 5.26 Å². The molecular weight excluding hydrogens is 232 g/mol. The lowest BCUT2D eigenvalue weighted by Gasteiger charge is -2.14. The molecule has 0 saturated carbocycles. The highest BCUT2D eigenvalue weighted by atomic mass is 14.9. The third-order valence-electron chi connectivity index (χ3n) is 3.21. The van der Waals surface area contributed by atoms with Crippen LogP contribution >= 0.6 is 0 Å². The molecule has 1 N–H and O–H groups in total. The van der Waals surface area contributed by atoms with Gasteiger partial charge in [-0.25, -0.2) is 0 Å². The van der Waals surface area contributed by atoms with Crippen LogP contribution in [0.1, 0.15) is 35.2 Å². The van der Waals surface area contributed by atoms with Gasteiger partial charge in [-0.2, -0.15) is 5.26 Å². The highest BCUT2D eigenvalue weighted by Crippen LogP contribution is 2.15. The predicted octanol–water partition coefficient (Wildman–Crippen LogP) is 3.72. The predicted molar refractivity (Wildman–Crippen MR) is 77.6 cm³/mol. The summed E-state index contributed by atoms with van der Waals surface area (Å²) in [4.78, 5) is 0. The van der Waals surface area contributed by atoms with Gasteiger partial charge in [0.2, 0.25) is 0 Å². The molecule has 0 aromatic heterocycles. The van der Waals surface area contributed by atoms with Gasteiger partial charge in [0, 0.05) is 12.6 Å². The van der Waals surface area contributed by atoms with Crippen LogP contribution in [0.5, 0.6) is 0 Å². The van der Waals surface area contributed by atoms with Crippen molar-refractivity contribution in [2.75, 3.05) is 0 Å². The lowest BCUT2D eigenvalue weighted by atomic mass is 10.1. The largest absolute Gasteiger partial charge is 0.306 e. The zero-order chi connectivity index (χ0) is 13.7. The van der Waals surface area contributed by atoms with Crippen LogP contribution in [0.3, 0.4) is 0 Å². The van der Waals surface area contributed by atoms with E-state index in [1.807, 2.05) is 18.2 Å². The quantitative estimate of drug-likeness (QED) is 0.897. The second-order valence-corrected chi connectivity index (χ2v) is 4.83. The Balaban J connectivity index is 2.01. The van der Waals surface area contributed by atoms with Gasteiger partial charge in [0.15, 0.2) is 0 Å². The number of nitrogens with zero attached hydrogens (tertiary/aromatic N) is 1. The first-order chi connectivity index (χ1) is 9.19. The minimum absolute atomic E-state index is 0.230. The molecule has 0 radical (unpaired) electrons. The molecule has 0 amide bonds. The summed E-state index contributed by atoms with van der Waals surface area (Å²) in [7, 11) is 0. The lowest BCUT2D eigenvalue weighted by molar-refractivity contribution is 0.574.